The molecule has 0 aliphatic carbocycles. The Morgan fingerprint density at radius 3 is 2.81 bits per heavy atom. The molecule has 0 fully saturated rings. The summed E-state index contributed by atoms with van der Waals surface area (Å²) < 4.78 is 0. The highest BCUT2D eigenvalue weighted by molar-refractivity contribution is 5.97. The minimum absolute atomic E-state index is 0.0708. The highest BCUT2D eigenvalue weighted by Crippen LogP contribution is 2.13. The molecule has 0 spiro atoms. The third-order valence-corrected chi connectivity index (χ3v) is 2.72. The maximum atomic E-state index is 12.1. The van der Waals surface area contributed by atoms with Crippen molar-refractivity contribution in [2.75, 3.05) is 13.1 Å². The van der Waals surface area contributed by atoms with Gasteiger partial charge in [0, 0.05) is 18.7 Å². The Morgan fingerprint density at radius 1 is 1.38 bits per heavy atom. The fourth-order valence-corrected chi connectivity index (χ4v) is 1.76. The van der Waals surface area contributed by atoms with Gasteiger partial charge < -0.3 is 9.88 Å². The van der Waals surface area contributed by atoms with Gasteiger partial charge in [0.2, 0.25) is 0 Å². The first kappa shape index (κ1) is 10.7. The van der Waals surface area contributed by atoms with Gasteiger partial charge in [-0.25, -0.2) is 4.98 Å². The Kier molecular flexibility index (Phi) is 2.90. The van der Waals surface area contributed by atoms with Crippen LogP contribution in [0.3, 0.4) is 0 Å². The van der Waals surface area contributed by atoms with Gasteiger partial charge in [-0.05, 0) is 32.0 Å². The smallest absolute Gasteiger partial charge is 0.253 e. The molecule has 2 rings (SSSR count). The van der Waals surface area contributed by atoms with Gasteiger partial charge in [-0.3, -0.25) is 4.79 Å². The fraction of sp³-hybridized carbons (Fsp3) is 0.333. The van der Waals surface area contributed by atoms with Crippen molar-refractivity contribution in [3.63, 3.8) is 0 Å². The molecule has 0 bridgehead atoms. The fourth-order valence-electron chi connectivity index (χ4n) is 1.76. The number of hydrogen-bond donors (Lipinski definition) is 1. The van der Waals surface area contributed by atoms with E-state index in [0.717, 1.165) is 24.1 Å². The van der Waals surface area contributed by atoms with E-state index >= 15 is 0 Å². The molecule has 0 aliphatic heterocycles. The molecule has 84 valence electrons. The largest absolute Gasteiger partial charge is 0.345 e. The molecule has 2 aromatic rings. The summed E-state index contributed by atoms with van der Waals surface area (Å²) in [7, 11) is 0. The van der Waals surface area contributed by atoms with Crippen LogP contribution in [0.5, 0.6) is 0 Å². The van der Waals surface area contributed by atoms with Crippen molar-refractivity contribution < 1.29 is 4.79 Å². The van der Waals surface area contributed by atoms with Gasteiger partial charge in [-0.1, -0.05) is 0 Å². The summed E-state index contributed by atoms with van der Waals surface area (Å²) in [6.45, 7) is 5.43. The van der Waals surface area contributed by atoms with E-state index in [1.54, 1.807) is 11.2 Å². The quantitative estimate of drug-likeness (QED) is 0.855. The Bertz CT molecular complexity index is 500. The molecular formula is C12H15N3O. The molecule has 1 N–H and O–H groups in total. The second-order valence-corrected chi connectivity index (χ2v) is 3.61. The van der Waals surface area contributed by atoms with Crippen LogP contribution in [0, 0.1) is 0 Å². The average Bonchev–Trinajstić information content (AvgIpc) is 2.77. The lowest BCUT2D eigenvalue weighted by atomic mass is 10.1. The first-order valence-electron chi connectivity index (χ1n) is 5.48. The van der Waals surface area contributed by atoms with E-state index in [9.17, 15) is 4.79 Å². The second-order valence-electron chi connectivity index (χ2n) is 3.61. The molecule has 1 amide bonds. The van der Waals surface area contributed by atoms with E-state index in [1.165, 1.54) is 0 Å². The Morgan fingerprint density at radius 2 is 2.12 bits per heavy atom. The van der Waals surface area contributed by atoms with Crippen molar-refractivity contribution in [2.24, 2.45) is 0 Å². The number of rotatable bonds is 3. The molecule has 0 saturated heterocycles. The first-order valence-corrected chi connectivity index (χ1v) is 5.48. The van der Waals surface area contributed by atoms with Crippen LogP contribution in [0.25, 0.3) is 11.0 Å². The van der Waals surface area contributed by atoms with Crippen LogP contribution in [0.2, 0.25) is 0 Å². The van der Waals surface area contributed by atoms with E-state index in [4.69, 9.17) is 0 Å². The molecule has 4 nitrogen and oxygen atoms in total. The SMILES string of the molecule is CCN(CC)C(=O)c1ccc2nc[nH]c2c1. The minimum atomic E-state index is 0.0708. The van der Waals surface area contributed by atoms with Crippen LogP contribution in [0.4, 0.5) is 0 Å². The molecule has 0 atom stereocenters. The topological polar surface area (TPSA) is 49.0 Å². The molecule has 0 radical (unpaired) electrons. The molecule has 0 unspecified atom stereocenters. The number of carbonyl (C=O) groups is 1. The van der Waals surface area contributed by atoms with Crippen molar-refractivity contribution in [2.45, 2.75) is 13.8 Å². The number of amides is 1. The van der Waals surface area contributed by atoms with Crippen LogP contribution in [-0.4, -0.2) is 33.9 Å². The monoisotopic (exact) mass is 217 g/mol. The molecule has 0 saturated carbocycles. The molecule has 4 heteroatoms. The van der Waals surface area contributed by atoms with Crippen molar-refractivity contribution >= 4 is 16.9 Å². The molecule has 1 aromatic heterocycles. The lowest BCUT2D eigenvalue weighted by Crippen LogP contribution is -2.30. The maximum Gasteiger partial charge on any atom is 0.253 e. The van der Waals surface area contributed by atoms with Crippen LogP contribution in [0.15, 0.2) is 24.5 Å². The standard InChI is InChI=1S/C12H15N3O/c1-3-15(4-2)12(16)9-5-6-10-11(7-9)14-8-13-10/h5-8H,3-4H2,1-2H3,(H,13,14). The van der Waals surface area contributed by atoms with E-state index in [0.29, 0.717) is 5.56 Å². The van der Waals surface area contributed by atoms with E-state index in [2.05, 4.69) is 9.97 Å². The van der Waals surface area contributed by atoms with Crippen molar-refractivity contribution in [3.8, 4) is 0 Å². The number of hydrogen-bond acceptors (Lipinski definition) is 2. The maximum absolute atomic E-state index is 12.1. The van der Waals surface area contributed by atoms with Crippen LogP contribution in [-0.2, 0) is 0 Å². The van der Waals surface area contributed by atoms with E-state index in [1.807, 2.05) is 32.0 Å². The highest BCUT2D eigenvalue weighted by Gasteiger charge is 2.12. The lowest BCUT2D eigenvalue weighted by Gasteiger charge is -2.18. The second kappa shape index (κ2) is 4.35. The Hall–Kier alpha value is -1.84. The number of nitrogens with one attached hydrogen (secondary N) is 1. The summed E-state index contributed by atoms with van der Waals surface area (Å²) in [5.41, 5.74) is 2.49. The van der Waals surface area contributed by atoms with Gasteiger partial charge in [-0.15, -0.1) is 0 Å². The van der Waals surface area contributed by atoms with E-state index < -0.39 is 0 Å². The number of benzene rings is 1. The van der Waals surface area contributed by atoms with Gasteiger partial charge >= 0.3 is 0 Å². The number of imidazole rings is 1. The lowest BCUT2D eigenvalue weighted by molar-refractivity contribution is 0.0773. The molecule has 1 heterocycles. The Balaban J connectivity index is 2.35. The van der Waals surface area contributed by atoms with Crippen molar-refractivity contribution in [3.05, 3.63) is 30.1 Å². The predicted molar refractivity (Wildman–Crippen MR) is 63.3 cm³/mol. The molecule has 1 aromatic carbocycles. The normalized spacial score (nSPS) is 10.6. The van der Waals surface area contributed by atoms with Gasteiger partial charge in [-0.2, -0.15) is 0 Å². The number of carbonyl (C=O) groups excluding carboxylic acids is 1. The van der Waals surface area contributed by atoms with Gasteiger partial charge in [0.15, 0.2) is 0 Å². The Labute approximate surface area is 94.3 Å². The molecule has 16 heavy (non-hydrogen) atoms. The number of nitrogens with zero attached hydrogens (tertiary/aromatic N) is 2. The summed E-state index contributed by atoms with van der Waals surface area (Å²) in [5.74, 6) is 0.0708. The number of aromatic nitrogens is 2. The van der Waals surface area contributed by atoms with Crippen LogP contribution < -0.4 is 0 Å². The third-order valence-electron chi connectivity index (χ3n) is 2.72. The summed E-state index contributed by atoms with van der Waals surface area (Å²) in [4.78, 5) is 21.0. The van der Waals surface area contributed by atoms with Crippen molar-refractivity contribution in [1.82, 2.24) is 14.9 Å². The third kappa shape index (κ3) is 1.78. The predicted octanol–water partition coefficient (Wildman–Crippen LogP) is 2.04. The first-order chi connectivity index (χ1) is 7.76. The van der Waals surface area contributed by atoms with Gasteiger partial charge in [0.05, 0.1) is 17.4 Å². The van der Waals surface area contributed by atoms with E-state index in [-0.39, 0.29) is 5.91 Å². The summed E-state index contributed by atoms with van der Waals surface area (Å²) >= 11 is 0. The number of H-pyrrole nitrogens is 1. The average molecular weight is 217 g/mol. The molecule has 0 aliphatic rings. The van der Waals surface area contributed by atoms with Crippen molar-refractivity contribution in [1.29, 1.82) is 0 Å². The highest BCUT2D eigenvalue weighted by atomic mass is 16.2. The number of fused-ring (bicyclic) bond motifs is 1. The summed E-state index contributed by atoms with van der Waals surface area (Å²) in [6.07, 6.45) is 1.64. The molecular weight excluding hydrogens is 202 g/mol. The number of aromatic amines is 1. The summed E-state index contributed by atoms with van der Waals surface area (Å²) in [5, 5.41) is 0. The zero-order valence-corrected chi connectivity index (χ0v) is 9.53. The van der Waals surface area contributed by atoms with Gasteiger partial charge in [0.1, 0.15) is 0 Å². The zero-order chi connectivity index (χ0) is 11.5. The van der Waals surface area contributed by atoms with Gasteiger partial charge in [0.25, 0.3) is 5.91 Å². The van der Waals surface area contributed by atoms with Crippen LogP contribution >= 0.6 is 0 Å². The zero-order valence-electron chi connectivity index (χ0n) is 9.53. The summed E-state index contributed by atoms with van der Waals surface area (Å²) in [6, 6.07) is 5.54. The minimum Gasteiger partial charge on any atom is -0.345 e. The van der Waals surface area contributed by atoms with Crippen LogP contribution in [0.1, 0.15) is 24.2 Å².